The van der Waals surface area contributed by atoms with Gasteiger partial charge in [0.25, 0.3) is 11.4 Å². The highest BCUT2D eigenvalue weighted by molar-refractivity contribution is 5.88. The lowest BCUT2D eigenvalue weighted by molar-refractivity contribution is -0.385. The molecule has 0 spiro atoms. The summed E-state index contributed by atoms with van der Waals surface area (Å²) in [6, 6.07) is 6.56. The van der Waals surface area contributed by atoms with Crippen molar-refractivity contribution >= 4 is 35.6 Å². The number of benzene rings is 2. The molecule has 0 unspecified atom stereocenters. The molecule has 0 heterocycles. The second-order valence-electron chi connectivity index (χ2n) is 6.09. The van der Waals surface area contributed by atoms with Crippen molar-refractivity contribution in [3.8, 4) is 11.5 Å². The first-order valence-corrected chi connectivity index (χ1v) is 8.76. The monoisotopic (exact) mass is 444 g/mol. The molecular weight excluding hydrogens is 428 g/mol. The third-order valence-corrected chi connectivity index (χ3v) is 3.81. The zero-order valence-electron chi connectivity index (χ0n) is 16.2. The topological polar surface area (TPSA) is 210 Å². The number of hydrazone groups is 2. The van der Waals surface area contributed by atoms with Crippen molar-refractivity contribution in [2.45, 2.75) is 12.8 Å². The van der Waals surface area contributed by atoms with Gasteiger partial charge < -0.3 is 10.2 Å². The summed E-state index contributed by atoms with van der Waals surface area (Å²) in [6.07, 6.45) is 1.47. The van der Waals surface area contributed by atoms with E-state index in [0.717, 1.165) is 48.8 Å². The fraction of sp³-hybridized carbons (Fsp3) is 0.111. The molecule has 0 bridgehead atoms. The number of non-ortho nitro benzene ring substituents is 2. The Balaban J connectivity index is 1.82. The lowest BCUT2D eigenvalue weighted by atomic mass is 10.2. The Kier molecular flexibility index (Phi) is 7.88. The molecule has 2 aromatic rings. The van der Waals surface area contributed by atoms with Gasteiger partial charge in [0.05, 0.1) is 22.3 Å². The van der Waals surface area contributed by atoms with E-state index in [-0.39, 0.29) is 46.8 Å². The van der Waals surface area contributed by atoms with Crippen LogP contribution in [0.2, 0.25) is 0 Å². The Morgan fingerprint density at radius 1 is 0.812 bits per heavy atom. The van der Waals surface area contributed by atoms with Gasteiger partial charge in [-0.3, -0.25) is 29.8 Å². The van der Waals surface area contributed by atoms with Crippen molar-refractivity contribution < 1.29 is 29.6 Å². The van der Waals surface area contributed by atoms with Crippen molar-refractivity contribution in [3.63, 3.8) is 0 Å². The van der Waals surface area contributed by atoms with Crippen LogP contribution in [0, 0.1) is 20.2 Å². The van der Waals surface area contributed by atoms with Gasteiger partial charge in [-0.1, -0.05) is 0 Å². The highest BCUT2D eigenvalue weighted by Gasteiger charge is 2.10. The van der Waals surface area contributed by atoms with Gasteiger partial charge in [-0.05, 0) is 12.1 Å². The Hall–Kier alpha value is -4.88. The summed E-state index contributed by atoms with van der Waals surface area (Å²) in [7, 11) is 0. The molecule has 32 heavy (non-hydrogen) atoms. The van der Waals surface area contributed by atoms with E-state index in [0.29, 0.717) is 0 Å². The zero-order valence-corrected chi connectivity index (χ0v) is 16.2. The van der Waals surface area contributed by atoms with Crippen LogP contribution in [0.1, 0.15) is 24.0 Å². The quantitative estimate of drug-likeness (QED) is 0.251. The van der Waals surface area contributed by atoms with Crippen molar-refractivity contribution in [2.75, 3.05) is 0 Å². The van der Waals surface area contributed by atoms with Crippen LogP contribution < -0.4 is 10.9 Å². The Morgan fingerprint density at radius 2 is 1.19 bits per heavy atom. The van der Waals surface area contributed by atoms with Crippen molar-refractivity contribution in [2.24, 2.45) is 10.2 Å². The Morgan fingerprint density at radius 3 is 1.53 bits per heavy atom. The number of phenolic OH excluding ortho intramolecular Hbond substituents is 2. The predicted octanol–water partition coefficient (Wildman–Crippen LogP) is 1.29. The van der Waals surface area contributed by atoms with Gasteiger partial charge in [0.15, 0.2) is 0 Å². The molecule has 0 aromatic heterocycles. The van der Waals surface area contributed by atoms with Gasteiger partial charge in [-0.15, -0.1) is 0 Å². The minimum Gasteiger partial charge on any atom is -0.507 e. The molecule has 14 heteroatoms. The molecule has 2 aromatic carbocycles. The number of aromatic hydroxyl groups is 2. The van der Waals surface area contributed by atoms with Crippen molar-refractivity contribution in [1.29, 1.82) is 0 Å². The number of amides is 2. The number of nitro groups is 2. The third kappa shape index (κ3) is 6.87. The largest absolute Gasteiger partial charge is 0.507 e. The van der Waals surface area contributed by atoms with Crippen LogP contribution in [-0.4, -0.2) is 44.3 Å². The van der Waals surface area contributed by atoms with Crippen LogP contribution in [0.3, 0.4) is 0 Å². The van der Waals surface area contributed by atoms with Gasteiger partial charge in [-0.25, -0.2) is 10.9 Å². The average Bonchev–Trinajstić information content (AvgIpc) is 2.74. The molecule has 0 fully saturated rings. The molecule has 0 aliphatic rings. The SMILES string of the molecule is O=C(CCC(=O)N/N=C/c1cc([N+](=O)[O-])ccc1O)N/N=C/c1cc([N+](=O)[O-])ccc1O. The van der Waals surface area contributed by atoms with Crippen LogP contribution in [0.15, 0.2) is 46.6 Å². The fourth-order valence-electron chi connectivity index (χ4n) is 2.20. The number of hydrogen-bond donors (Lipinski definition) is 4. The first-order valence-electron chi connectivity index (χ1n) is 8.76. The molecule has 2 amide bonds. The van der Waals surface area contributed by atoms with E-state index in [1.54, 1.807) is 0 Å². The molecular formula is C18H16N6O8. The minimum atomic E-state index is -0.656. The van der Waals surface area contributed by atoms with E-state index in [9.17, 15) is 40.0 Å². The molecule has 2 rings (SSSR count). The summed E-state index contributed by atoms with van der Waals surface area (Å²) in [4.78, 5) is 43.6. The predicted molar refractivity (Wildman–Crippen MR) is 110 cm³/mol. The van der Waals surface area contributed by atoms with Gasteiger partial charge in [-0.2, -0.15) is 10.2 Å². The van der Waals surface area contributed by atoms with Crippen LogP contribution in [0.4, 0.5) is 11.4 Å². The van der Waals surface area contributed by atoms with E-state index in [2.05, 4.69) is 21.1 Å². The van der Waals surface area contributed by atoms with E-state index in [4.69, 9.17) is 0 Å². The number of carbonyl (C=O) groups excluding carboxylic acids is 2. The lowest BCUT2D eigenvalue weighted by Gasteiger charge is -2.01. The van der Waals surface area contributed by atoms with Gasteiger partial charge >= 0.3 is 0 Å². The van der Waals surface area contributed by atoms with E-state index >= 15 is 0 Å². The van der Waals surface area contributed by atoms with Gasteiger partial charge in [0.2, 0.25) is 11.8 Å². The van der Waals surface area contributed by atoms with Crippen LogP contribution in [0.5, 0.6) is 11.5 Å². The third-order valence-electron chi connectivity index (χ3n) is 3.81. The number of nitro benzene ring substituents is 2. The standard InChI is InChI=1S/C18H16N6O8/c25-15-3-1-13(23(29)30)7-11(15)9-19-21-17(27)5-6-18(28)22-20-10-12-8-14(24(31)32)2-4-16(12)26/h1-4,7-10,25-26H,5-6H2,(H,21,27)(H,22,28)/b19-9+,20-10+. The van der Waals surface area contributed by atoms with E-state index < -0.39 is 21.7 Å². The fourth-order valence-corrected chi connectivity index (χ4v) is 2.20. The van der Waals surface area contributed by atoms with E-state index in [1.807, 2.05) is 0 Å². The number of nitrogens with zero attached hydrogens (tertiary/aromatic N) is 4. The maximum Gasteiger partial charge on any atom is 0.270 e. The number of hydrogen-bond acceptors (Lipinski definition) is 10. The van der Waals surface area contributed by atoms with E-state index in [1.165, 1.54) is 0 Å². The number of nitrogens with one attached hydrogen (secondary N) is 2. The molecule has 4 N–H and O–H groups in total. The normalized spacial score (nSPS) is 10.9. The first-order chi connectivity index (χ1) is 15.2. The zero-order chi connectivity index (χ0) is 23.7. The highest BCUT2D eigenvalue weighted by atomic mass is 16.6. The molecule has 0 aliphatic heterocycles. The van der Waals surface area contributed by atoms with Crippen LogP contribution >= 0.6 is 0 Å². The Bertz CT molecular complexity index is 1030. The summed E-state index contributed by atoms with van der Waals surface area (Å²) < 4.78 is 0. The Labute approximate surface area is 179 Å². The summed E-state index contributed by atoms with van der Waals surface area (Å²) in [5.74, 6) is -1.86. The number of rotatable bonds is 9. The first kappa shape index (κ1) is 23.4. The summed E-state index contributed by atoms with van der Waals surface area (Å²) >= 11 is 0. The van der Waals surface area contributed by atoms with Gasteiger partial charge in [0.1, 0.15) is 11.5 Å². The molecule has 0 atom stereocenters. The summed E-state index contributed by atoms with van der Waals surface area (Å²) in [5, 5.41) is 47.9. The molecule has 0 aliphatic carbocycles. The van der Waals surface area contributed by atoms with Crippen molar-refractivity contribution in [1.82, 2.24) is 10.9 Å². The molecule has 0 radical (unpaired) electrons. The lowest BCUT2D eigenvalue weighted by Crippen LogP contribution is -2.22. The maximum absolute atomic E-state index is 11.7. The molecule has 14 nitrogen and oxygen atoms in total. The molecule has 166 valence electrons. The highest BCUT2D eigenvalue weighted by Crippen LogP contribution is 2.22. The minimum absolute atomic E-state index is 0.0102. The molecule has 0 saturated heterocycles. The van der Waals surface area contributed by atoms with Crippen LogP contribution in [0.25, 0.3) is 0 Å². The van der Waals surface area contributed by atoms with Crippen molar-refractivity contribution in [3.05, 3.63) is 67.8 Å². The second kappa shape index (κ2) is 10.8. The maximum atomic E-state index is 11.7. The number of carbonyl (C=O) groups is 2. The second-order valence-corrected chi connectivity index (χ2v) is 6.09. The molecule has 0 saturated carbocycles. The number of phenols is 2. The average molecular weight is 444 g/mol. The van der Waals surface area contributed by atoms with Crippen LogP contribution in [-0.2, 0) is 9.59 Å². The summed E-state index contributed by atoms with van der Waals surface area (Å²) in [5.41, 5.74) is 3.68. The summed E-state index contributed by atoms with van der Waals surface area (Å²) in [6.45, 7) is 0. The van der Waals surface area contributed by atoms with Gasteiger partial charge in [0, 0.05) is 48.2 Å². The smallest absolute Gasteiger partial charge is 0.270 e.